The Labute approximate surface area is 133 Å². The van der Waals surface area contributed by atoms with E-state index in [9.17, 15) is 12.8 Å². The zero-order valence-electron chi connectivity index (χ0n) is 11.6. The first-order valence-corrected chi connectivity index (χ1v) is 8.12. The molecule has 0 saturated heterocycles. The summed E-state index contributed by atoms with van der Waals surface area (Å²) in [6.07, 6.45) is 1.42. The van der Waals surface area contributed by atoms with Crippen LogP contribution in [0.4, 0.5) is 10.1 Å². The van der Waals surface area contributed by atoms with Crippen molar-refractivity contribution in [3.05, 3.63) is 64.3 Å². The van der Waals surface area contributed by atoms with E-state index in [1.54, 1.807) is 24.3 Å². The van der Waals surface area contributed by atoms with E-state index in [0.717, 1.165) is 11.5 Å². The number of ether oxygens (including phenoxy) is 1. The molecule has 116 valence electrons. The maximum atomic E-state index is 13.5. The number of nitrogens with one attached hydrogen (secondary N) is 1. The second kappa shape index (κ2) is 6.81. The molecule has 0 unspecified atom stereocenters. The molecule has 4 nitrogen and oxygen atoms in total. The SMILES string of the molecule is COc1ccc(NS(=O)(=O)/C=C/c2ccc(Cl)cc2)cc1F. The van der Waals surface area contributed by atoms with Crippen molar-refractivity contribution in [1.29, 1.82) is 0 Å². The van der Waals surface area contributed by atoms with Gasteiger partial charge in [-0.25, -0.2) is 12.8 Å². The van der Waals surface area contributed by atoms with Gasteiger partial charge in [0, 0.05) is 11.1 Å². The first-order valence-electron chi connectivity index (χ1n) is 6.19. The Morgan fingerprint density at radius 2 is 1.86 bits per heavy atom. The van der Waals surface area contributed by atoms with Crippen LogP contribution in [-0.4, -0.2) is 15.5 Å². The Bertz CT molecular complexity index is 789. The fraction of sp³-hybridized carbons (Fsp3) is 0.0667. The highest BCUT2D eigenvalue weighted by Crippen LogP contribution is 2.21. The lowest BCUT2D eigenvalue weighted by Gasteiger charge is -2.06. The largest absolute Gasteiger partial charge is 0.494 e. The third-order valence-corrected chi connectivity index (χ3v) is 3.99. The van der Waals surface area contributed by atoms with Crippen molar-refractivity contribution in [2.75, 3.05) is 11.8 Å². The van der Waals surface area contributed by atoms with Gasteiger partial charge in [-0.05, 0) is 35.9 Å². The second-order valence-electron chi connectivity index (χ2n) is 4.35. The number of anilines is 1. The van der Waals surface area contributed by atoms with E-state index < -0.39 is 15.8 Å². The molecule has 1 N–H and O–H groups in total. The minimum atomic E-state index is -3.75. The fourth-order valence-corrected chi connectivity index (χ4v) is 2.66. The summed E-state index contributed by atoms with van der Waals surface area (Å²) in [5.41, 5.74) is 0.787. The molecule has 22 heavy (non-hydrogen) atoms. The Morgan fingerprint density at radius 3 is 2.45 bits per heavy atom. The van der Waals surface area contributed by atoms with Crippen molar-refractivity contribution in [2.45, 2.75) is 0 Å². The number of hydrogen-bond acceptors (Lipinski definition) is 3. The van der Waals surface area contributed by atoms with Crippen LogP contribution in [0.3, 0.4) is 0 Å². The molecule has 0 heterocycles. The highest BCUT2D eigenvalue weighted by Gasteiger charge is 2.09. The maximum Gasteiger partial charge on any atom is 0.255 e. The van der Waals surface area contributed by atoms with Crippen molar-refractivity contribution in [1.82, 2.24) is 0 Å². The quantitative estimate of drug-likeness (QED) is 0.897. The van der Waals surface area contributed by atoms with Gasteiger partial charge < -0.3 is 4.74 Å². The smallest absolute Gasteiger partial charge is 0.255 e. The lowest BCUT2D eigenvalue weighted by Crippen LogP contribution is -2.09. The van der Waals surface area contributed by atoms with E-state index in [4.69, 9.17) is 16.3 Å². The number of hydrogen-bond donors (Lipinski definition) is 1. The van der Waals surface area contributed by atoms with Gasteiger partial charge in [0.05, 0.1) is 18.2 Å². The van der Waals surface area contributed by atoms with Crippen molar-refractivity contribution < 1.29 is 17.5 Å². The molecule has 0 aliphatic rings. The van der Waals surface area contributed by atoms with Crippen LogP contribution < -0.4 is 9.46 Å². The number of methoxy groups -OCH3 is 1. The maximum absolute atomic E-state index is 13.5. The number of benzene rings is 2. The predicted molar refractivity (Wildman–Crippen MR) is 86.0 cm³/mol. The zero-order chi connectivity index (χ0) is 16.2. The van der Waals surface area contributed by atoms with Crippen LogP contribution in [0.15, 0.2) is 47.9 Å². The predicted octanol–water partition coefficient (Wildman–Crippen LogP) is 3.90. The number of halogens is 2. The van der Waals surface area contributed by atoms with Crippen LogP contribution in [0.5, 0.6) is 5.75 Å². The highest BCUT2D eigenvalue weighted by atomic mass is 35.5. The summed E-state index contributed by atoms with van der Waals surface area (Å²) in [7, 11) is -2.42. The summed E-state index contributed by atoms with van der Waals surface area (Å²) in [4.78, 5) is 0. The van der Waals surface area contributed by atoms with Crippen LogP contribution in [0, 0.1) is 5.82 Å². The van der Waals surface area contributed by atoms with E-state index in [-0.39, 0.29) is 11.4 Å². The van der Waals surface area contributed by atoms with E-state index in [2.05, 4.69) is 4.72 Å². The van der Waals surface area contributed by atoms with Gasteiger partial charge in [0.25, 0.3) is 10.0 Å². The molecule has 0 aromatic heterocycles. The summed E-state index contributed by atoms with van der Waals surface area (Å²) >= 11 is 5.75. The molecule has 2 aromatic carbocycles. The van der Waals surface area contributed by atoms with Crippen molar-refractivity contribution in [3.63, 3.8) is 0 Å². The molecule has 0 atom stereocenters. The van der Waals surface area contributed by atoms with Crippen LogP contribution >= 0.6 is 11.6 Å². The minimum Gasteiger partial charge on any atom is -0.494 e. The minimum absolute atomic E-state index is 0.0413. The number of sulfonamides is 1. The summed E-state index contributed by atoms with van der Waals surface area (Å²) in [6.45, 7) is 0. The third kappa shape index (κ3) is 4.47. The van der Waals surface area contributed by atoms with E-state index in [1.165, 1.54) is 25.3 Å². The Balaban J connectivity index is 2.14. The fourth-order valence-electron chi connectivity index (χ4n) is 1.67. The van der Waals surface area contributed by atoms with Crippen LogP contribution in [0.1, 0.15) is 5.56 Å². The summed E-state index contributed by atoms with van der Waals surface area (Å²) in [6, 6.07) is 10.5. The topological polar surface area (TPSA) is 55.4 Å². The second-order valence-corrected chi connectivity index (χ2v) is 6.35. The molecular weight excluding hydrogens is 329 g/mol. The highest BCUT2D eigenvalue weighted by molar-refractivity contribution is 7.95. The normalized spacial score (nSPS) is 11.6. The average Bonchev–Trinajstić information content (AvgIpc) is 2.46. The summed E-state index contributed by atoms with van der Waals surface area (Å²) < 4.78 is 44.4. The van der Waals surface area contributed by atoms with Gasteiger partial charge in [-0.3, -0.25) is 4.72 Å². The van der Waals surface area contributed by atoms with E-state index in [1.807, 2.05) is 0 Å². The standard InChI is InChI=1S/C15H13ClFNO3S/c1-21-15-7-6-13(10-14(15)17)18-22(19,20)9-8-11-2-4-12(16)5-3-11/h2-10,18H,1H3/b9-8+. The van der Waals surface area contributed by atoms with E-state index in [0.29, 0.717) is 10.6 Å². The van der Waals surface area contributed by atoms with E-state index >= 15 is 0 Å². The van der Waals surface area contributed by atoms with Gasteiger partial charge in [0.15, 0.2) is 11.6 Å². The molecule has 0 spiro atoms. The van der Waals surface area contributed by atoms with Gasteiger partial charge >= 0.3 is 0 Å². The lowest BCUT2D eigenvalue weighted by atomic mass is 10.2. The molecule has 2 aromatic rings. The Morgan fingerprint density at radius 1 is 1.18 bits per heavy atom. The van der Waals surface area contributed by atoms with Crippen LogP contribution in [0.25, 0.3) is 6.08 Å². The summed E-state index contributed by atoms with van der Waals surface area (Å²) in [5.74, 6) is -0.607. The monoisotopic (exact) mass is 341 g/mol. The molecule has 0 fully saturated rings. The molecule has 0 saturated carbocycles. The van der Waals surface area contributed by atoms with Gasteiger partial charge in [-0.1, -0.05) is 23.7 Å². The molecule has 0 radical (unpaired) electrons. The van der Waals surface area contributed by atoms with Gasteiger partial charge in [-0.2, -0.15) is 0 Å². The molecule has 2 rings (SSSR count). The molecule has 7 heteroatoms. The average molecular weight is 342 g/mol. The molecule has 0 aliphatic heterocycles. The Kier molecular flexibility index (Phi) is 5.05. The third-order valence-electron chi connectivity index (χ3n) is 2.72. The van der Waals surface area contributed by atoms with Crippen LogP contribution in [0.2, 0.25) is 5.02 Å². The zero-order valence-corrected chi connectivity index (χ0v) is 13.2. The van der Waals surface area contributed by atoms with Crippen molar-refractivity contribution in [3.8, 4) is 5.75 Å². The first-order chi connectivity index (χ1) is 10.4. The van der Waals surface area contributed by atoms with Gasteiger partial charge in [0.1, 0.15) is 0 Å². The number of rotatable bonds is 5. The molecule has 0 bridgehead atoms. The molecular formula is C15H13ClFNO3S. The van der Waals surface area contributed by atoms with Crippen LogP contribution in [-0.2, 0) is 10.0 Å². The Hall–Kier alpha value is -2.05. The van der Waals surface area contributed by atoms with Gasteiger partial charge in [-0.15, -0.1) is 0 Å². The van der Waals surface area contributed by atoms with Crippen molar-refractivity contribution >= 4 is 33.4 Å². The summed E-state index contributed by atoms with van der Waals surface area (Å²) in [5, 5.41) is 1.56. The van der Waals surface area contributed by atoms with Gasteiger partial charge in [0.2, 0.25) is 0 Å². The first kappa shape index (κ1) is 16.3. The lowest BCUT2D eigenvalue weighted by molar-refractivity contribution is 0.387. The molecule has 0 amide bonds. The van der Waals surface area contributed by atoms with Crippen molar-refractivity contribution in [2.24, 2.45) is 0 Å². The molecule has 0 aliphatic carbocycles.